The summed E-state index contributed by atoms with van der Waals surface area (Å²) < 4.78 is 2.66. The van der Waals surface area contributed by atoms with Crippen LogP contribution in [0.4, 0.5) is 0 Å². The SMILES string of the molecule is Cc1nn(C)c2nc(C3CC3)cc(-c3nnc(Br)s3)c12. The molecule has 1 fully saturated rings. The fourth-order valence-corrected chi connectivity index (χ4v) is 3.67. The van der Waals surface area contributed by atoms with Gasteiger partial charge >= 0.3 is 0 Å². The standard InChI is InChI=1S/C13H12BrN5S/c1-6-10-8(12-16-17-13(14)20-12)5-9(7-3-4-7)15-11(10)19(2)18-6/h5,7H,3-4H2,1-2H3. The van der Waals surface area contributed by atoms with Crippen LogP contribution in [0.3, 0.4) is 0 Å². The number of fused-ring (bicyclic) bond motifs is 1. The van der Waals surface area contributed by atoms with E-state index in [2.05, 4.69) is 37.3 Å². The van der Waals surface area contributed by atoms with Crippen molar-refractivity contribution in [2.75, 3.05) is 0 Å². The van der Waals surface area contributed by atoms with Crippen molar-refractivity contribution in [1.29, 1.82) is 0 Å². The lowest BCUT2D eigenvalue weighted by molar-refractivity contribution is 0.771. The van der Waals surface area contributed by atoms with Crippen LogP contribution in [0.25, 0.3) is 21.6 Å². The molecule has 1 saturated carbocycles. The molecule has 3 heterocycles. The molecule has 0 amide bonds. The number of aromatic nitrogens is 5. The molecule has 4 rings (SSSR count). The van der Waals surface area contributed by atoms with Crippen molar-refractivity contribution in [2.45, 2.75) is 25.7 Å². The molecule has 3 aromatic rings. The molecule has 1 aliphatic carbocycles. The normalized spacial score (nSPS) is 15.2. The Morgan fingerprint density at radius 1 is 1.35 bits per heavy atom. The number of hydrogen-bond acceptors (Lipinski definition) is 5. The van der Waals surface area contributed by atoms with Crippen molar-refractivity contribution in [1.82, 2.24) is 25.0 Å². The molecule has 0 saturated heterocycles. The van der Waals surface area contributed by atoms with Crippen molar-refractivity contribution < 1.29 is 0 Å². The van der Waals surface area contributed by atoms with Crippen LogP contribution < -0.4 is 0 Å². The average Bonchev–Trinajstić information content (AvgIpc) is 3.12. The minimum atomic E-state index is 0.602. The van der Waals surface area contributed by atoms with Crippen LogP contribution in [-0.4, -0.2) is 25.0 Å². The first-order chi connectivity index (χ1) is 9.63. The third-order valence-corrected chi connectivity index (χ3v) is 5.00. The maximum absolute atomic E-state index is 4.80. The molecule has 102 valence electrons. The summed E-state index contributed by atoms with van der Waals surface area (Å²) in [5, 5.41) is 14.8. The Bertz CT molecular complexity index is 818. The van der Waals surface area contributed by atoms with Gasteiger partial charge in [-0.2, -0.15) is 5.10 Å². The maximum Gasteiger partial charge on any atom is 0.183 e. The van der Waals surface area contributed by atoms with E-state index in [9.17, 15) is 0 Å². The van der Waals surface area contributed by atoms with Crippen molar-refractivity contribution in [2.24, 2.45) is 7.05 Å². The first-order valence-electron chi connectivity index (χ1n) is 6.47. The summed E-state index contributed by atoms with van der Waals surface area (Å²) in [6.07, 6.45) is 2.46. The molecule has 1 aliphatic rings. The zero-order chi connectivity index (χ0) is 13.9. The van der Waals surface area contributed by atoms with E-state index in [1.54, 1.807) is 11.3 Å². The second kappa shape index (κ2) is 4.33. The number of halogens is 1. The first kappa shape index (κ1) is 12.4. The van der Waals surface area contributed by atoms with Gasteiger partial charge in [-0.3, -0.25) is 4.68 Å². The topological polar surface area (TPSA) is 56.5 Å². The van der Waals surface area contributed by atoms with Gasteiger partial charge in [0, 0.05) is 24.2 Å². The number of hydrogen-bond donors (Lipinski definition) is 0. The summed E-state index contributed by atoms with van der Waals surface area (Å²) in [4.78, 5) is 4.80. The van der Waals surface area contributed by atoms with Gasteiger partial charge in [-0.25, -0.2) is 4.98 Å². The Hall–Kier alpha value is -1.34. The zero-order valence-corrected chi connectivity index (χ0v) is 13.5. The molecule has 5 nitrogen and oxygen atoms in total. The Balaban J connectivity index is 2.05. The van der Waals surface area contributed by atoms with Crippen molar-refractivity contribution >= 4 is 38.3 Å². The van der Waals surface area contributed by atoms with Crippen molar-refractivity contribution in [3.63, 3.8) is 0 Å². The number of aryl methyl sites for hydroxylation is 2. The summed E-state index contributed by atoms with van der Waals surface area (Å²) in [6.45, 7) is 2.01. The summed E-state index contributed by atoms with van der Waals surface area (Å²) in [5.74, 6) is 0.602. The quantitative estimate of drug-likeness (QED) is 0.711. The fraction of sp³-hybridized carbons (Fsp3) is 0.385. The predicted octanol–water partition coefficient (Wildman–Crippen LogP) is 3.44. The highest BCUT2D eigenvalue weighted by Gasteiger charge is 2.28. The van der Waals surface area contributed by atoms with Crippen LogP contribution in [0.2, 0.25) is 0 Å². The monoisotopic (exact) mass is 349 g/mol. The van der Waals surface area contributed by atoms with Crippen LogP contribution in [-0.2, 0) is 7.05 Å². The summed E-state index contributed by atoms with van der Waals surface area (Å²) in [5.41, 5.74) is 4.18. The van der Waals surface area contributed by atoms with E-state index < -0.39 is 0 Å². The molecule has 0 aliphatic heterocycles. The minimum Gasteiger partial charge on any atom is -0.250 e. The van der Waals surface area contributed by atoms with Gasteiger partial charge < -0.3 is 0 Å². The van der Waals surface area contributed by atoms with Gasteiger partial charge in [-0.1, -0.05) is 11.3 Å². The van der Waals surface area contributed by atoms with E-state index in [0.29, 0.717) is 5.92 Å². The van der Waals surface area contributed by atoms with Crippen LogP contribution in [0, 0.1) is 6.92 Å². The van der Waals surface area contributed by atoms with E-state index >= 15 is 0 Å². The van der Waals surface area contributed by atoms with Gasteiger partial charge in [0.05, 0.1) is 11.1 Å². The molecular weight excluding hydrogens is 338 g/mol. The number of nitrogens with zero attached hydrogens (tertiary/aromatic N) is 5. The Kier molecular flexibility index (Phi) is 2.68. The summed E-state index contributed by atoms with van der Waals surface area (Å²) >= 11 is 4.93. The van der Waals surface area contributed by atoms with E-state index in [4.69, 9.17) is 4.98 Å². The average molecular weight is 350 g/mol. The predicted molar refractivity (Wildman–Crippen MR) is 81.8 cm³/mol. The van der Waals surface area contributed by atoms with Gasteiger partial charge in [0.25, 0.3) is 0 Å². The Morgan fingerprint density at radius 3 is 2.80 bits per heavy atom. The van der Waals surface area contributed by atoms with Gasteiger partial charge in [0.2, 0.25) is 0 Å². The van der Waals surface area contributed by atoms with Gasteiger partial charge in [0.15, 0.2) is 9.56 Å². The molecular formula is C13H12BrN5S. The highest BCUT2D eigenvalue weighted by atomic mass is 79.9. The first-order valence-corrected chi connectivity index (χ1v) is 8.08. The van der Waals surface area contributed by atoms with Crippen LogP contribution >= 0.6 is 27.3 Å². The lowest BCUT2D eigenvalue weighted by atomic mass is 10.1. The maximum atomic E-state index is 4.80. The smallest absolute Gasteiger partial charge is 0.183 e. The second-order valence-electron chi connectivity index (χ2n) is 5.14. The molecule has 0 N–H and O–H groups in total. The lowest BCUT2D eigenvalue weighted by Gasteiger charge is -2.04. The fourth-order valence-electron chi connectivity index (χ4n) is 2.54. The summed E-state index contributed by atoms with van der Waals surface area (Å²) in [7, 11) is 1.94. The van der Waals surface area contributed by atoms with E-state index in [1.165, 1.54) is 12.8 Å². The Labute approximate surface area is 128 Å². The molecule has 3 aromatic heterocycles. The molecule has 0 radical (unpaired) electrons. The minimum absolute atomic E-state index is 0.602. The third kappa shape index (κ3) is 1.88. The Morgan fingerprint density at radius 2 is 2.15 bits per heavy atom. The molecule has 20 heavy (non-hydrogen) atoms. The number of rotatable bonds is 2. The molecule has 0 unspecified atom stereocenters. The molecule has 0 spiro atoms. The van der Waals surface area contributed by atoms with Gasteiger partial charge in [-0.05, 0) is 41.8 Å². The highest BCUT2D eigenvalue weighted by molar-refractivity contribution is 9.11. The van der Waals surface area contributed by atoms with Crippen LogP contribution in [0.1, 0.15) is 30.1 Å². The van der Waals surface area contributed by atoms with Gasteiger partial charge in [-0.15, -0.1) is 10.2 Å². The van der Waals surface area contributed by atoms with E-state index in [0.717, 1.165) is 36.9 Å². The van der Waals surface area contributed by atoms with Gasteiger partial charge in [0.1, 0.15) is 5.01 Å². The van der Waals surface area contributed by atoms with E-state index in [-0.39, 0.29) is 0 Å². The number of pyridine rings is 1. The zero-order valence-electron chi connectivity index (χ0n) is 11.1. The lowest BCUT2D eigenvalue weighted by Crippen LogP contribution is -1.96. The van der Waals surface area contributed by atoms with Crippen LogP contribution in [0.15, 0.2) is 9.98 Å². The highest BCUT2D eigenvalue weighted by Crippen LogP contribution is 2.42. The van der Waals surface area contributed by atoms with Crippen molar-refractivity contribution in [3.8, 4) is 10.6 Å². The molecule has 7 heteroatoms. The summed E-state index contributed by atoms with van der Waals surface area (Å²) in [6, 6.07) is 2.17. The molecule has 0 atom stereocenters. The van der Waals surface area contributed by atoms with Crippen molar-refractivity contribution in [3.05, 3.63) is 21.4 Å². The third-order valence-electron chi connectivity index (χ3n) is 3.61. The second-order valence-corrected chi connectivity index (χ2v) is 7.39. The van der Waals surface area contributed by atoms with E-state index in [1.807, 2.05) is 18.7 Å². The molecule has 0 aromatic carbocycles. The van der Waals surface area contributed by atoms with Crippen LogP contribution in [0.5, 0.6) is 0 Å². The molecule has 0 bridgehead atoms. The largest absolute Gasteiger partial charge is 0.250 e.